The first-order chi connectivity index (χ1) is 7.71. The Morgan fingerprint density at radius 3 is 2.22 bits per heavy atom. The molecule has 0 saturated heterocycles. The number of rotatable bonds is 3. The van der Waals surface area contributed by atoms with Crippen LogP contribution in [0.15, 0.2) is 18.2 Å². The molecular weight excluding hydrogens is 254 g/mol. The first kappa shape index (κ1) is 17.0. The van der Waals surface area contributed by atoms with Gasteiger partial charge in [-0.05, 0) is 24.0 Å². The molecule has 0 fully saturated rings. The Kier molecular flexibility index (Phi) is 5.93. The fourth-order valence-electron chi connectivity index (χ4n) is 1.53. The summed E-state index contributed by atoms with van der Waals surface area (Å²) in [6.07, 6.45) is -0.466. The molecule has 0 aliphatic rings. The summed E-state index contributed by atoms with van der Waals surface area (Å²) in [5, 5.41) is 28.8. The van der Waals surface area contributed by atoms with Crippen molar-refractivity contribution in [2.75, 3.05) is 0 Å². The van der Waals surface area contributed by atoms with Crippen LogP contribution in [0.4, 0.5) is 0 Å². The van der Waals surface area contributed by atoms with Crippen molar-refractivity contribution in [2.24, 2.45) is 11.1 Å². The summed E-state index contributed by atoms with van der Waals surface area (Å²) in [7, 11) is 0. The third kappa shape index (κ3) is 4.37. The molecule has 4 nitrogen and oxygen atoms in total. The van der Waals surface area contributed by atoms with Gasteiger partial charge in [0.2, 0.25) is 0 Å². The Balaban J connectivity index is 0.00000289. The Morgan fingerprint density at radius 1 is 1.22 bits per heavy atom. The number of aromatic hydroxyl groups is 2. The molecule has 1 aromatic carbocycles. The van der Waals surface area contributed by atoms with Gasteiger partial charge in [0.15, 0.2) is 0 Å². The highest BCUT2D eigenvalue weighted by Gasteiger charge is 2.25. The zero-order chi connectivity index (χ0) is 13.2. The fourth-order valence-corrected chi connectivity index (χ4v) is 1.53. The van der Waals surface area contributed by atoms with Crippen molar-refractivity contribution in [1.29, 1.82) is 0 Å². The van der Waals surface area contributed by atoms with Gasteiger partial charge in [0.25, 0.3) is 0 Å². The van der Waals surface area contributed by atoms with Gasteiger partial charge in [-0.1, -0.05) is 20.8 Å². The molecule has 1 aromatic rings. The van der Waals surface area contributed by atoms with Crippen LogP contribution in [-0.2, 0) is 0 Å². The average molecular weight is 276 g/mol. The molecule has 0 radical (unpaired) electrons. The van der Waals surface area contributed by atoms with Crippen molar-refractivity contribution in [3.63, 3.8) is 0 Å². The van der Waals surface area contributed by atoms with E-state index in [-0.39, 0.29) is 35.4 Å². The Morgan fingerprint density at radius 2 is 1.78 bits per heavy atom. The van der Waals surface area contributed by atoms with Gasteiger partial charge in [-0.3, -0.25) is 0 Å². The summed E-state index contributed by atoms with van der Waals surface area (Å²) in [4.78, 5) is 0. The lowest BCUT2D eigenvalue weighted by Crippen LogP contribution is -2.36. The van der Waals surface area contributed by atoms with Crippen LogP contribution in [0.25, 0.3) is 0 Å². The summed E-state index contributed by atoms with van der Waals surface area (Å²) < 4.78 is 0. The van der Waals surface area contributed by atoms with E-state index in [0.717, 1.165) is 0 Å². The standard InChI is InChI=1S/C13H21NO3.ClH/c1-13(2,3)12(14)7-11(17)9-5-4-8(15)6-10(9)16;/h4-6,11-12,15-17H,7,14H2,1-3H3;1H/t11-,12-;/m0./s1. The van der Waals surface area contributed by atoms with Crippen LogP contribution in [-0.4, -0.2) is 21.4 Å². The van der Waals surface area contributed by atoms with Gasteiger partial charge < -0.3 is 21.1 Å². The van der Waals surface area contributed by atoms with E-state index in [1.807, 2.05) is 20.8 Å². The van der Waals surface area contributed by atoms with Crippen molar-refractivity contribution < 1.29 is 15.3 Å². The van der Waals surface area contributed by atoms with Crippen LogP contribution in [0.5, 0.6) is 11.5 Å². The molecule has 0 aliphatic carbocycles. The van der Waals surface area contributed by atoms with Gasteiger partial charge in [-0.25, -0.2) is 0 Å². The minimum Gasteiger partial charge on any atom is -0.508 e. The molecule has 0 saturated carbocycles. The minimum atomic E-state index is -0.829. The number of phenolic OH excluding ortho intramolecular Hbond substituents is 2. The molecule has 5 heteroatoms. The summed E-state index contributed by atoms with van der Waals surface area (Å²) in [6, 6.07) is 3.97. The molecule has 0 heterocycles. The molecule has 0 spiro atoms. The number of aliphatic hydroxyl groups excluding tert-OH is 1. The topological polar surface area (TPSA) is 86.7 Å². The van der Waals surface area contributed by atoms with Crippen molar-refractivity contribution in [2.45, 2.75) is 39.3 Å². The summed E-state index contributed by atoms with van der Waals surface area (Å²) in [5.41, 5.74) is 6.27. The summed E-state index contributed by atoms with van der Waals surface area (Å²) in [6.45, 7) is 6.00. The van der Waals surface area contributed by atoms with Crippen LogP contribution in [0.1, 0.15) is 38.9 Å². The zero-order valence-corrected chi connectivity index (χ0v) is 11.7. The molecule has 18 heavy (non-hydrogen) atoms. The van der Waals surface area contributed by atoms with E-state index in [1.165, 1.54) is 18.2 Å². The summed E-state index contributed by atoms with van der Waals surface area (Å²) in [5.74, 6) is -0.142. The largest absolute Gasteiger partial charge is 0.508 e. The molecule has 0 aliphatic heterocycles. The highest BCUT2D eigenvalue weighted by molar-refractivity contribution is 5.85. The van der Waals surface area contributed by atoms with Crippen LogP contribution < -0.4 is 5.73 Å². The number of benzene rings is 1. The number of phenols is 2. The lowest BCUT2D eigenvalue weighted by Gasteiger charge is -2.29. The SMILES string of the molecule is CC(C)(C)[C@@H](N)C[C@H](O)c1ccc(O)cc1O.Cl. The van der Waals surface area contributed by atoms with Crippen LogP contribution in [0, 0.1) is 5.41 Å². The van der Waals surface area contributed by atoms with Crippen molar-refractivity contribution in [1.82, 2.24) is 0 Å². The molecule has 0 aromatic heterocycles. The van der Waals surface area contributed by atoms with E-state index in [4.69, 9.17) is 10.8 Å². The molecule has 5 N–H and O–H groups in total. The highest BCUT2D eigenvalue weighted by atomic mass is 35.5. The monoisotopic (exact) mass is 275 g/mol. The number of aliphatic hydroxyl groups is 1. The predicted molar refractivity (Wildman–Crippen MR) is 74.0 cm³/mol. The molecular formula is C13H22ClNO3. The zero-order valence-electron chi connectivity index (χ0n) is 10.9. The Labute approximate surface area is 114 Å². The van der Waals surface area contributed by atoms with Crippen LogP contribution in [0.2, 0.25) is 0 Å². The number of hydrogen-bond donors (Lipinski definition) is 4. The Hall–Kier alpha value is -0.970. The van der Waals surface area contributed by atoms with E-state index in [9.17, 15) is 10.2 Å². The van der Waals surface area contributed by atoms with E-state index >= 15 is 0 Å². The highest BCUT2D eigenvalue weighted by Crippen LogP contribution is 2.32. The maximum absolute atomic E-state index is 10.0. The minimum absolute atomic E-state index is 0. The molecule has 1 rings (SSSR count). The third-order valence-corrected chi connectivity index (χ3v) is 2.96. The third-order valence-electron chi connectivity index (χ3n) is 2.96. The quantitative estimate of drug-likeness (QED) is 0.682. The van der Waals surface area contributed by atoms with E-state index < -0.39 is 6.10 Å². The maximum Gasteiger partial charge on any atom is 0.125 e. The van der Waals surface area contributed by atoms with Crippen molar-refractivity contribution in [3.05, 3.63) is 23.8 Å². The van der Waals surface area contributed by atoms with Crippen molar-refractivity contribution >= 4 is 12.4 Å². The van der Waals surface area contributed by atoms with Crippen molar-refractivity contribution in [3.8, 4) is 11.5 Å². The van der Waals surface area contributed by atoms with Gasteiger partial charge in [0.1, 0.15) is 11.5 Å². The van der Waals surface area contributed by atoms with Crippen LogP contribution in [0.3, 0.4) is 0 Å². The first-order valence-corrected chi connectivity index (χ1v) is 5.67. The fraction of sp³-hybridized carbons (Fsp3) is 0.538. The normalized spacial score (nSPS) is 14.7. The number of nitrogens with two attached hydrogens (primary N) is 1. The number of hydrogen-bond acceptors (Lipinski definition) is 4. The molecule has 0 bridgehead atoms. The second kappa shape index (κ2) is 6.27. The van der Waals surface area contributed by atoms with Gasteiger partial charge in [0, 0.05) is 17.7 Å². The molecule has 2 atom stereocenters. The predicted octanol–water partition coefficient (Wildman–Crippen LogP) is 2.32. The molecule has 0 amide bonds. The van der Waals surface area contributed by atoms with E-state index in [0.29, 0.717) is 12.0 Å². The van der Waals surface area contributed by atoms with E-state index in [1.54, 1.807) is 0 Å². The second-order valence-corrected chi connectivity index (χ2v) is 5.47. The second-order valence-electron chi connectivity index (χ2n) is 5.47. The lowest BCUT2D eigenvalue weighted by molar-refractivity contribution is 0.130. The van der Waals surface area contributed by atoms with Gasteiger partial charge in [0.05, 0.1) is 6.10 Å². The number of halogens is 1. The molecule has 0 unspecified atom stereocenters. The van der Waals surface area contributed by atoms with E-state index in [2.05, 4.69) is 0 Å². The maximum atomic E-state index is 10.0. The van der Waals surface area contributed by atoms with Crippen LogP contribution >= 0.6 is 12.4 Å². The average Bonchev–Trinajstić information content (AvgIpc) is 2.15. The lowest BCUT2D eigenvalue weighted by atomic mass is 9.83. The van der Waals surface area contributed by atoms with Gasteiger partial charge in [-0.15, -0.1) is 12.4 Å². The van der Waals surface area contributed by atoms with Gasteiger partial charge in [-0.2, -0.15) is 0 Å². The summed E-state index contributed by atoms with van der Waals surface area (Å²) >= 11 is 0. The Bertz CT molecular complexity index is 390. The smallest absolute Gasteiger partial charge is 0.125 e. The molecule has 104 valence electrons. The van der Waals surface area contributed by atoms with Gasteiger partial charge >= 0.3 is 0 Å². The first-order valence-electron chi connectivity index (χ1n) is 5.67.